The van der Waals surface area contributed by atoms with Crippen LogP contribution in [0.5, 0.6) is 0 Å². The summed E-state index contributed by atoms with van der Waals surface area (Å²) in [4.78, 5) is 24.9. The predicted octanol–water partition coefficient (Wildman–Crippen LogP) is 4.48. The van der Waals surface area contributed by atoms with Crippen molar-refractivity contribution in [3.63, 3.8) is 0 Å². The first-order valence-corrected chi connectivity index (χ1v) is 8.78. The zero-order chi connectivity index (χ0) is 19.1. The van der Waals surface area contributed by atoms with Crippen molar-refractivity contribution in [2.45, 2.75) is 30.3 Å². The average molecular weight is 432 g/mol. The van der Waals surface area contributed by atoms with Crippen LogP contribution in [0.4, 0.5) is 13.2 Å². The van der Waals surface area contributed by atoms with E-state index in [2.05, 4.69) is 25.8 Å². The van der Waals surface area contributed by atoms with Crippen LogP contribution in [0.3, 0.4) is 0 Å². The van der Waals surface area contributed by atoms with Crippen LogP contribution in [-0.4, -0.2) is 24.0 Å². The smallest absolute Gasteiger partial charge is 0.416 e. The van der Waals surface area contributed by atoms with Gasteiger partial charge in [-0.2, -0.15) is 13.2 Å². The largest absolute Gasteiger partial charge is 0.464 e. The van der Waals surface area contributed by atoms with Gasteiger partial charge in [-0.05, 0) is 30.5 Å². The van der Waals surface area contributed by atoms with E-state index in [9.17, 15) is 22.8 Å². The maximum absolute atomic E-state index is 13.0. The lowest BCUT2D eigenvalue weighted by Crippen LogP contribution is -2.14. The van der Waals surface area contributed by atoms with Crippen molar-refractivity contribution in [3.8, 4) is 0 Å². The number of benzene rings is 1. The highest BCUT2D eigenvalue weighted by Gasteiger charge is 2.38. The number of rotatable bonds is 5. The molecule has 0 aliphatic heterocycles. The van der Waals surface area contributed by atoms with Crippen LogP contribution in [0.25, 0.3) is 0 Å². The van der Waals surface area contributed by atoms with E-state index in [1.165, 1.54) is 0 Å². The predicted molar refractivity (Wildman–Crippen MR) is 87.3 cm³/mol. The van der Waals surface area contributed by atoms with E-state index in [-0.39, 0.29) is 39.4 Å². The van der Waals surface area contributed by atoms with Gasteiger partial charge in [0.2, 0.25) is 5.69 Å². The maximum atomic E-state index is 13.0. The molecule has 0 radical (unpaired) electrons. The molecule has 0 unspecified atom stereocenters. The maximum Gasteiger partial charge on any atom is 0.416 e. The number of alkyl halides is 4. The molecule has 1 aromatic heterocycles. The van der Waals surface area contributed by atoms with Crippen molar-refractivity contribution in [2.75, 3.05) is 7.11 Å². The molecule has 3 rings (SSSR count). The molecule has 0 amide bonds. The van der Waals surface area contributed by atoms with Crippen molar-refractivity contribution < 1.29 is 32.0 Å². The molecule has 2 aromatic rings. The van der Waals surface area contributed by atoms with E-state index < -0.39 is 23.5 Å². The molecule has 1 heterocycles. The van der Waals surface area contributed by atoms with E-state index in [4.69, 9.17) is 4.52 Å². The normalized spacial score (nSPS) is 14.3. The highest BCUT2D eigenvalue weighted by Crippen LogP contribution is 2.43. The van der Waals surface area contributed by atoms with Crippen LogP contribution in [-0.2, 0) is 16.2 Å². The molecule has 1 saturated carbocycles. The molecule has 138 valence electrons. The minimum absolute atomic E-state index is 0.0262. The highest BCUT2D eigenvalue weighted by molar-refractivity contribution is 9.08. The van der Waals surface area contributed by atoms with Gasteiger partial charge in [0, 0.05) is 16.8 Å². The summed E-state index contributed by atoms with van der Waals surface area (Å²) >= 11 is 3.11. The third-order valence-corrected chi connectivity index (χ3v) is 4.70. The zero-order valence-electron chi connectivity index (χ0n) is 13.5. The van der Waals surface area contributed by atoms with Crippen LogP contribution in [0.2, 0.25) is 0 Å². The number of nitrogens with zero attached hydrogens (tertiary/aromatic N) is 1. The minimum atomic E-state index is -4.52. The Kier molecular flexibility index (Phi) is 4.92. The van der Waals surface area contributed by atoms with Crippen LogP contribution in [0.1, 0.15) is 62.1 Å². The van der Waals surface area contributed by atoms with Gasteiger partial charge in [0.1, 0.15) is 5.56 Å². The van der Waals surface area contributed by atoms with Crippen molar-refractivity contribution >= 4 is 27.7 Å². The van der Waals surface area contributed by atoms with Crippen molar-refractivity contribution in [1.82, 2.24) is 5.16 Å². The van der Waals surface area contributed by atoms with Gasteiger partial charge in [-0.3, -0.25) is 4.79 Å². The Morgan fingerprint density at radius 3 is 2.58 bits per heavy atom. The molecule has 0 atom stereocenters. The van der Waals surface area contributed by atoms with Gasteiger partial charge in [0.05, 0.1) is 12.7 Å². The Labute approximate surface area is 154 Å². The number of carbonyl (C=O) groups excluding carboxylic acids is 2. The van der Waals surface area contributed by atoms with Gasteiger partial charge in [-0.1, -0.05) is 27.2 Å². The summed E-state index contributed by atoms with van der Waals surface area (Å²) in [7, 11) is 1.14. The fourth-order valence-electron chi connectivity index (χ4n) is 2.62. The van der Waals surface area contributed by atoms with E-state index in [0.29, 0.717) is 0 Å². The summed E-state index contributed by atoms with van der Waals surface area (Å²) in [6.07, 6.45) is -2.95. The number of hydrogen-bond acceptors (Lipinski definition) is 5. The molecular weight excluding hydrogens is 419 g/mol. The molecule has 0 N–H and O–H groups in total. The van der Waals surface area contributed by atoms with Crippen LogP contribution < -0.4 is 0 Å². The lowest BCUT2D eigenvalue weighted by atomic mass is 9.95. The fraction of sp³-hybridized carbons (Fsp3) is 0.353. The molecule has 1 aliphatic rings. The Morgan fingerprint density at radius 1 is 1.35 bits per heavy atom. The summed E-state index contributed by atoms with van der Waals surface area (Å²) in [5, 5.41) is 3.68. The number of halogens is 4. The van der Waals surface area contributed by atoms with Crippen molar-refractivity contribution in [1.29, 1.82) is 0 Å². The first-order valence-electron chi connectivity index (χ1n) is 7.66. The van der Waals surface area contributed by atoms with E-state index >= 15 is 0 Å². The first-order chi connectivity index (χ1) is 12.3. The number of methoxy groups -OCH3 is 1. The summed E-state index contributed by atoms with van der Waals surface area (Å²) in [6.45, 7) is 0. The molecule has 5 nitrogen and oxygen atoms in total. The monoisotopic (exact) mass is 431 g/mol. The molecule has 9 heteroatoms. The van der Waals surface area contributed by atoms with E-state index in [0.717, 1.165) is 38.2 Å². The quantitative estimate of drug-likeness (QED) is 0.396. The first kappa shape index (κ1) is 18.6. The van der Waals surface area contributed by atoms with Gasteiger partial charge in [-0.15, -0.1) is 0 Å². The van der Waals surface area contributed by atoms with Crippen LogP contribution in [0.15, 0.2) is 22.7 Å². The molecular formula is C17H13BrF3NO4. The number of aromatic nitrogens is 1. The molecule has 1 fully saturated rings. The van der Waals surface area contributed by atoms with Gasteiger partial charge < -0.3 is 9.26 Å². The Hall–Kier alpha value is -2.16. The van der Waals surface area contributed by atoms with Gasteiger partial charge in [-0.25, -0.2) is 4.79 Å². The van der Waals surface area contributed by atoms with Gasteiger partial charge in [0.15, 0.2) is 11.5 Å². The molecule has 26 heavy (non-hydrogen) atoms. The number of hydrogen-bond donors (Lipinski definition) is 0. The van der Waals surface area contributed by atoms with E-state index in [1.807, 2.05) is 0 Å². The number of carbonyl (C=O) groups is 2. The second kappa shape index (κ2) is 6.86. The molecule has 0 bridgehead atoms. The Bertz CT molecular complexity index is 871. The number of esters is 1. The van der Waals surface area contributed by atoms with Gasteiger partial charge >= 0.3 is 12.1 Å². The van der Waals surface area contributed by atoms with Crippen molar-refractivity contribution in [2.24, 2.45) is 0 Å². The molecule has 0 saturated heterocycles. The third kappa shape index (κ3) is 3.40. The second-order valence-corrected chi connectivity index (χ2v) is 6.43. The molecule has 1 aromatic carbocycles. The zero-order valence-corrected chi connectivity index (χ0v) is 15.1. The lowest BCUT2D eigenvalue weighted by Gasteiger charge is -2.12. The average Bonchev–Trinajstić information content (AvgIpc) is 3.37. The molecule has 1 aliphatic carbocycles. The SMILES string of the molecule is COC(=O)c1noc(C2CC2)c1C(=O)c1ccc(C(F)(F)F)cc1CBr. The summed E-state index contributed by atoms with van der Waals surface area (Å²) in [5.41, 5.74) is -0.959. The minimum Gasteiger partial charge on any atom is -0.464 e. The third-order valence-electron chi connectivity index (χ3n) is 4.09. The number of ether oxygens (including phenoxy) is 1. The summed E-state index contributed by atoms with van der Waals surface area (Å²) in [6, 6.07) is 2.85. The van der Waals surface area contributed by atoms with Gasteiger partial charge in [0.25, 0.3) is 0 Å². The lowest BCUT2D eigenvalue weighted by molar-refractivity contribution is -0.137. The number of ketones is 1. The van der Waals surface area contributed by atoms with Crippen LogP contribution in [0, 0.1) is 0 Å². The topological polar surface area (TPSA) is 69.4 Å². The fourth-order valence-corrected chi connectivity index (χ4v) is 3.08. The molecule has 0 spiro atoms. The standard InChI is InChI=1S/C17H13BrF3NO4/c1-25-16(24)13-12(15(26-22-13)8-2-3-8)14(23)11-5-4-10(17(19,20)21)6-9(11)7-18/h4-6,8H,2-3,7H2,1H3. The van der Waals surface area contributed by atoms with E-state index in [1.54, 1.807) is 0 Å². The Balaban J connectivity index is 2.10. The Morgan fingerprint density at radius 2 is 2.04 bits per heavy atom. The van der Waals surface area contributed by atoms with Crippen LogP contribution >= 0.6 is 15.9 Å². The second-order valence-electron chi connectivity index (χ2n) is 5.87. The summed E-state index contributed by atoms with van der Waals surface area (Å²) in [5.74, 6) is -1.20. The van der Waals surface area contributed by atoms with Crippen molar-refractivity contribution in [3.05, 3.63) is 51.9 Å². The highest BCUT2D eigenvalue weighted by atomic mass is 79.9. The summed E-state index contributed by atoms with van der Waals surface area (Å²) < 4.78 is 48.6.